The lowest BCUT2D eigenvalue weighted by Crippen LogP contribution is -2.48. The predicted octanol–water partition coefficient (Wildman–Crippen LogP) is 2.34. The molecule has 2 aromatic carbocycles. The number of thioether (sulfide) groups is 1. The third-order valence-electron chi connectivity index (χ3n) is 6.19. The van der Waals surface area contributed by atoms with E-state index in [1.54, 1.807) is 7.11 Å². The number of para-hydroxylation sites is 2. The number of nitrogens with zero attached hydrogens (tertiary/aromatic N) is 3. The number of amides is 1. The summed E-state index contributed by atoms with van der Waals surface area (Å²) in [6, 6.07) is 15.2. The van der Waals surface area contributed by atoms with Gasteiger partial charge in [-0.15, -0.1) is 0 Å². The molecule has 3 aliphatic heterocycles. The molecule has 2 saturated heterocycles. The first kappa shape index (κ1) is 22.1. The zero-order valence-electron chi connectivity index (χ0n) is 18.3. The highest BCUT2D eigenvalue weighted by molar-refractivity contribution is 8.15. The van der Waals surface area contributed by atoms with E-state index in [2.05, 4.69) is 15.2 Å². The Balaban J connectivity index is 1.17. The number of carbonyl (C=O) groups excluding carboxylic acids is 1. The molecule has 0 spiro atoms. The number of hydrogen-bond donors (Lipinski definition) is 1. The number of piperazine rings is 1. The highest BCUT2D eigenvalue weighted by Gasteiger charge is 2.42. The van der Waals surface area contributed by atoms with E-state index in [-0.39, 0.29) is 28.7 Å². The smallest absolute Gasteiger partial charge is 0.253 e. The molecule has 3 heterocycles. The fourth-order valence-corrected chi connectivity index (χ4v) is 8.14. The van der Waals surface area contributed by atoms with E-state index in [0.717, 1.165) is 35.4 Å². The number of ether oxygens (including phenoxy) is 1. The van der Waals surface area contributed by atoms with Crippen LogP contribution in [0, 0.1) is 0 Å². The monoisotopic (exact) mass is 486 g/mol. The van der Waals surface area contributed by atoms with Gasteiger partial charge in [0.2, 0.25) is 0 Å². The summed E-state index contributed by atoms with van der Waals surface area (Å²) >= 11 is 1.48. The molecule has 8 nitrogen and oxygen atoms in total. The van der Waals surface area contributed by atoms with E-state index in [1.807, 2.05) is 53.4 Å². The van der Waals surface area contributed by atoms with Crippen molar-refractivity contribution in [2.75, 3.05) is 55.0 Å². The minimum Gasteiger partial charge on any atom is -0.495 e. The van der Waals surface area contributed by atoms with Crippen LogP contribution in [0.3, 0.4) is 0 Å². The summed E-state index contributed by atoms with van der Waals surface area (Å²) in [6.45, 7) is 2.80. The van der Waals surface area contributed by atoms with Crippen molar-refractivity contribution in [2.45, 2.75) is 11.3 Å². The fourth-order valence-electron chi connectivity index (χ4n) is 4.46. The summed E-state index contributed by atoms with van der Waals surface area (Å²) in [5.74, 6) is 1.19. The molecule has 10 heteroatoms. The van der Waals surface area contributed by atoms with Crippen LogP contribution >= 0.6 is 11.8 Å². The van der Waals surface area contributed by atoms with Gasteiger partial charge < -0.3 is 19.9 Å². The van der Waals surface area contributed by atoms with Crippen LogP contribution in [-0.2, 0) is 9.84 Å². The summed E-state index contributed by atoms with van der Waals surface area (Å²) in [5.41, 5.74) is 2.54. The number of methoxy groups -OCH3 is 1. The van der Waals surface area contributed by atoms with E-state index < -0.39 is 9.84 Å². The van der Waals surface area contributed by atoms with Crippen molar-refractivity contribution >= 4 is 44.0 Å². The number of nitrogens with one attached hydrogen (secondary N) is 1. The van der Waals surface area contributed by atoms with Crippen LogP contribution in [0.2, 0.25) is 0 Å². The van der Waals surface area contributed by atoms with Gasteiger partial charge in [-0.05, 0) is 36.4 Å². The molecule has 0 saturated carbocycles. The maximum atomic E-state index is 13.0. The van der Waals surface area contributed by atoms with E-state index >= 15 is 0 Å². The number of carbonyl (C=O) groups is 1. The Bertz CT molecular complexity index is 1180. The molecule has 0 bridgehead atoms. The van der Waals surface area contributed by atoms with Gasteiger partial charge in [0, 0.05) is 42.7 Å². The van der Waals surface area contributed by atoms with E-state index in [1.165, 1.54) is 11.8 Å². The molecular weight excluding hydrogens is 460 g/mol. The third-order valence-corrected chi connectivity index (χ3v) is 9.34. The predicted molar refractivity (Wildman–Crippen MR) is 132 cm³/mol. The molecule has 3 aliphatic rings. The fraction of sp³-hybridized carbons (Fsp3) is 0.391. The maximum Gasteiger partial charge on any atom is 0.253 e. The van der Waals surface area contributed by atoms with Gasteiger partial charge in [-0.1, -0.05) is 23.9 Å². The van der Waals surface area contributed by atoms with Gasteiger partial charge in [0.25, 0.3) is 5.91 Å². The number of fused-ring (bicyclic) bond motifs is 1. The molecule has 2 aromatic rings. The molecule has 2 atom stereocenters. The van der Waals surface area contributed by atoms with E-state index in [0.29, 0.717) is 18.7 Å². The Labute approximate surface area is 197 Å². The van der Waals surface area contributed by atoms with Crippen LogP contribution in [0.15, 0.2) is 53.5 Å². The largest absolute Gasteiger partial charge is 0.495 e. The van der Waals surface area contributed by atoms with E-state index in [4.69, 9.17) is 4.74 Å². The molecule has 0 radical (unpaired) electrons. The van der Waals surface area contributed by atoms with Crippen LogP contribution in [0.4, 0.5) is 11.4 Å². The molecule has 174 valence electrons. The van der Waals surface area contributed by atoms with Crippen molar-refractivity contribution in [3.63, 3.8) is 0 Å². The number of sulfone groups is 1. The number of amidine groups is 1. The first-order valence-electron chi connectivity index (χ1n) is 10.9. The first-order chi connectivity index (χ1) is 15.9. The minimum atomic E-state index is -2.96. The Hall–Kier alpha value is -2.72. The zero-order chi connectivity index (χ0) is 23.0. The molecule has 1 N–H and O–H groups in total. The number of aliphatic imine (C=N–C) groups is 1. The number of anilines is 2. The van der Waals surface area contributed by atoms with Gasteiger partial charge in [0.05, 0.1) is 30.3 Å². The van der Waals surface area contributed by atoms with Crippen molar-refractivity contribution in [1.29, 1.82) is 0 Å². The minimum absolute atomic E-state index is 0.00729. The Morgan fingerprint density at radius 2 is 1.79 bits per heavy atom. The Morgan fingerprint density at radius 3 is 2.48 bits per heavy atom. The van der Waals surface area contributed by atoms with Gasteiger partial charge in [-0.3, -0.25) is 9.79 Å². The summed E-state index contributed by atoms with van der Waals surface area (Å²) < 4.78 is 28.9. The molecule has 2 fully saturated rings. The summed E-state index contributed by atoms with van der Waals surface area (Å²) in [7, 11) is -1.29. The SMILES string of the molecule is COc1ccccc1N1CCN(C(=O)c2ccc(NC3=N[C@@H]4CS(=O)(=O)C[C@H]4S3)cc2)CC1. The summed E-state index contributed by atoms with van der Waals surface area (Å²) in [4.78, 5) is 21.6. The quantitative estimate of drug-likeness (QED) is 0.709. The van der Waals surface area contributed by atoms with Crippen LogP contribution < -0.4 is 15.0 Å². The Morgan fingerprint density at radius 1 is 1.06 bits per heavy atom. The normalized spacial score (nSPS) is 23.7. The highest BCUT2D eigenvalue weighted by atomic mass is 32.2. The van der Waals surface area contributed by atoms with Crippen LogP contribution in [0.1, 0.15) is 10.4 Å². The zero-order valence-corrected chi connectivity index (χ0v) is 19.9. The average molecular weight is 487 g/mol. The second-order valence-corrected chi connectivity index (χ2v) is 11.8. The second-order valence-electron chi connectivity index (χ2n) is 8.39. The molecule has 0 aliphatic carbocycles. The lowest BCUT2D eigenvalue weighted by Gasteiger charge is -2.36. The van der Waals surface area contributed by atoms with Crippen LogP contribution in [-0.4, -0.2) is 80.5 Å². The van der Waals surface area contributed by atoms with Gasteiger partial charge in [-0.25, -0.2) is 8.42 Å². The molecule has 1 amide bonds. The maximum absolute atomic E-state index is 13.0. The molecule has 33 heavy (non-hydrogen) atoms. The van der Waals surface area contributed by atoms with Crippen molar-refractivity contribution < 1.29 is 17.9 Å². The number of hydrogen-bond acceptors (Lipinski definition) is 8. The lowest BCUT2D eigenvalue weighted by atomic mass is 10.1. The molecule has 0 aromatic heterocycles. The van der Waals surface area contributed by atoms with Gasteiger partial charge >= 0.3 is 0 Å². The van der Waals surface area contributed by atoms with Crippen molar-refractivity contribution in [3.05, 3.63) is 54.1 Å². The van der Waals surface area contributed by atoms with Crippen molar-refractivity contribution in [3.8, 4) is 5.75 Å². The second kappa shape index (κ2) is 8.90. The van der Waals surface area contributed by atoms with Crippen LogP contribution in [0.25, 0.3) is 0 Å². The number of rotatable bonds is 4. The third kappa shape index (κ3) is 4.67. The van der Waals surface area contributed by atoms with Gasteiger partial charge in [0.15, 0.2) is 15.0 Å². The molecule has 5 rings (SSSR count). The lowest BCUT2D eigenvalue weighted by molar-refractivity contribution is 0.0746. The summed E-state index contributed by atoms with van der Waals surface area (Å²) in [6.07, 6.45) is 0. The van der Waals surface area contributed by atoms with Crippen LogP contribution in [0.5, 0.6) is 5.75 Å². The van der Waals surface area contributed by atoms with Gasteiger partial charge in [0.1, 0.15) is 5.75 Å². The van der Waals surface area contributed by atoms with Crippen molar-refractivity contribution in [2.24, 2.45) is 4.99 Å². The molecule has 0 unspecified atom stereocenters. The number of benzene rings is 2. The Kier molecular flexibility index (Phi) is 5.96. The summed E-state index contributed by atoms with van der Waals surface area (Å²) in [5, 5.41) is 4.00. The average Bonchev–Trinajstić information content (AvgIpc) is 3.31. The van der Waals surface area contributed by atoms with E-state index in [9.17, 15) is 13.2 Å². The topological polar surface area (TPSA) is 91.3 Å². The highest BCUT2D eigenvalue weighted by Crippen LogP contribution is 2.34. The molecular formula is C23H26N4O4S2. The standard InChI is InChI=1S/C23H26N4O4S2/c1-31-20-5-3-2-4-19(20)26-10-12-27(13-11-26)22(28)16-6-8-17(9-7-16)24-23-25-18-14-33(29,30)15-21(18)32-23/h2-9,18,21H,10-15H2,1H3,(H,24,25)/t18-,21-/m1/s1. The van der Waals surface area contributed by atoms with Crippen molar-refractivity contribution in [1.82, 2.24) is 4.90 Å². The van der Waals surface area contributed by atoms with Gasteiger partial charge in [-0.2, -0.15) is 0 Å². The first-order valence-corrected chi connectivity index (χ1v) is 13.6.